The number of carboxylic acid groups (broad SMARTS) is 1. The summed E-state index contributed by atoms with van der Waals surface area (Å²) in [6.07, 6.45) is 6.25. The van der Waals surface area contributed by atoms with E-state index in [4.69, 9.17) is 18.9 Å². The van der Waals surface area contributed by atoms with Crippen molar-refractivity contribution in [2.45, 2.75) is 70.9 Å². The van der Waals surface area contributed by atoms with Crippen LogP contribution < -0.4 is 29.6 Å². The molecule has 37 heavy (non-hydrogen) atoms. The van der Waals surface area contributed by atoms with Crippen LogP contribution in [-0.4, -0.2) is 44.0 Å². The molecule has 1 atom stereocenters. The smallest absolute Gasteiger partial charge is 0.347 e. The lowest BCUT2D eigenvalue weighted by atomic mass is 9.99. The number of benzene rings is 2. The maximum Gasteiger partial charge on any atom is 0.347 e. The highest BCUT2D eigenvalue weighted by Crippen LogP contribution is 2.39. The SMILES string of the molecule is CCCCCCCC(NC(=O)Nc1c(OC)cc(OC)cc1OC)c1ccc(OC(C)(C)C(=O)O)cc1. The molecule has 0 aliphatic rings. The minimum Gasteiger partial charge on any atom is -0.496 e. The van der Waals surface area contributed by atoms with Crippen LogP contribution in [0, 0.1) is 0 Å². The maximum atomic E-state index is 13.1. The van der Waals surface area contributed by atoms with Crippen LogP contribution in [0.25, 0.3) is 0 Å². The molecule has 1 unspecified atom stereocenters. The standard InChI is InChI=1S/C28H40N2O7/c1-7-8-9-10-11-12-22(19-13-15-20(16-14-19)37-28(2,3)26(31)32)29-27(33)30-25-23(35-5)17-21(34-4)18-24(25)36-6/h13-18,22H,7-12H2,1-6H3,(H,31,32)(H2,29,30,33). The van der Waals surface area contributed by atoms with E-state index in [1.165, 1.54) is 41.6 Å². The lowest BCUT2D eigenvalue weighted by Crippen LogP contribution is -2.37. The van der Waals surface area contributed by atoms with Gasteiger partial charge in [0.2, 0.25) is 0 Å². The third-order valence-electron chi connectivity index (χ3n) is 6.03. The van der Waals surface area contributed by atoms with Crippen LogP contribution in [0.2, 0.25) is 0 Å². The van der Waals surface area contributed by atoms with Gasteiger partial charge in [-0.2, -0.15) is 0 Å². The fourth-order valence-corrected chi connectivity index (χ4v) is 3.82. The van der Waals surface area contributed by atoms with E-state index < -0.39 is 17.6 Å². The summed E-state index contributed by atoms with van der Waals surface area (Å²) >= 11 is 0. The van der Waals surface area contributed by atoms with E-state index >= 15 is 0 Å². The molecule has 2 aromatic carbocycles. The van der Waals surface area contributed by atoms with E-state index in [0.717, 1.165) is 37.7 Å². The molecule has 0 aliphatic carbocycles. The number of hydrogen-bond acceptors (Lipinski definition) is 6. The number of ether oxygens (including phenoxy) is 4. The van der Waals surface area contributed by atoms with E-state index in [1.54, 1.807) is 24.3 Å². The Morgan fingerprint density at radius 1 is 0.892 bits per heavy atom. The number of carboxylic acids is 1. The Morgan fingerprint density at radius 3 is 2.00 bits per heavy atom. The summed E-state index contributed by atoms with van der Waals surface area (Å²) in [5.41, 5.74) is -0.0705. The van der Waals surface area contributed by atoms with Gasteiger partial charge in [-0.05, 0) is 38.0 Å². The normalized spacial score (nSPS) is 11.8. The lowest BCUT2D eigenvalue weighted by molar-refractivity contribution is -0.152. The van der Waals surface area contributed by atoms with Crippen LogP contribution in [-0.2, 0) is 4.79 Å². The average Bonchev–Trinajstić information content (AvgIpc) is 2.88. The summed E-state index contributed by atoms with van der Waals surface area (Å²) in [6.45, 7) is 5.16. The first-order chi connectivity index (χ1) is 17.6. The van der Waals surface area contributed by atoms with Crippen LogP contribution in [0.4, 0.5) is 10.5 Å². The first kappa shape index (κ1) is 29.6. The molecule has 0 aromatic heterocycles. The van der Waals surface area contributed by atoms with Crippen molar-refractivity contribution in [2.75, 3.05) is 26.6 Å². The zero-order valence-electron chi connectivity index (χ0n) is 22.7. The number of anilines is 1. The van der Waals surface area contributed by atoms with Gasteiger partial charge in [0.05, 0.1) is 27.4 Å². The molecule has 9 nitrogen and oxygen atoms in total. The molecule has 2 rings (SSSR count). The quantitative estimate of drug-likeness (QED) is 0.242. The molecule has 2 aromatic rings. The van der Waals surface area contributed by atoms with Crippen molar-refractivity contribution >= 4 is 17.7 Å². The van der Waals surface area contributed by atoms with Crippen LogP contribution in [0.15, 0.2) is 36.4 Å². The van der Waals surface area contributed by atoms with Crippen molar-refractivity contribution in [3.05, 3.63) is 42.0 Å². The number of hydrogen-bond donors (Lipinski definition) is 3. The Balaban J connectivity index is 2.21. The highest BCUT2D eigenvalue weighted by atomic mass is 16.5. The van der Waals surface area contributed by atoms with Crippen molar-refractivity contribution in [2.24, 2.45) is 0 Å². The molecule has 2 amide bonds. The number of aliphatic carboxylic acids is 1. The first-order valence-electron chi connectivity index (χ1n) is 12.5. The fraction of sp³-hybridized carbons (Fsp3) is 0.500. The summed E-state index contributed by atoms with van der Waals surface area (Å²) in [7, 11) is 4.55. The molecule has 3 N–H and O–H groups in total. The number of carbonyl (C=O) groups excluding carboxylic acids is 1. The highest BCUT2D eigenvalue weighted by Gasteiger charge is 2.29. The lowest BCUT2D eigenvalue weighted by Gasteiger charge is -2.23. The molecule has 0 aliphatic heterocycles. The van der Waals surface area contributed by atoms with Crippen LogP contribution in [0.1, 0.15) is 70.9 Å². The Bertz CT molecular complexity index is 997. The number of carbonyl (C=O) groups is 2. The Morgan fingerprint density at radius 2 is 1.49 bits per heavy atom. The number of unbranched alkanes of at least 4 members (excludes halogenated alkanes) is 4. The van der Waals surface area contributed by atoms with Crippen molar-refractivity contribution in [3.8, 4) is 23.0 Å². The van der Waals surface area contributed by atoms with E-state index in [0.29, 0.717) is 28.7 Å². The minimum absolute atomic E-state index is 0.265. The zero-order chi connectivity index (χ0) is 27.4. The Labute approximate surface area is 219 Å². The van der Waals surface area contributed by atoms with Gasteiger partial charge in [-0.25, -0.2) is 9.59 Å². The summed E-state index contributed by atoms with van der Waals surface area (Å²) in [6, 6.07) is 9.79. The van der Waals surface area contributed by atoms with Crippen molar-refractivity contribution in [3.63, 3.8) is 0 Å². The molecule has 0 heterocycles. The second-order valence-electron chi connectivity index (χ2n) is 9.25. The molecule has 9 heteroatoms. The van der Waals surface area contributed by atoms with Crippen molar-refractivity contribution in [1.29, 1.82) is 0 Å². The fourth-order valence-electron chi connectivity index (χ4n) is 3.82. The summed E-state index contributed by atoms with van der Waals surface area (Å²) < 4.78 is 21.8. The van der Waals surface area contributed by atoms with Crippen LogP contribution in [0.5, 0.6) is 23.0 Å². The second kappa shape index (κ2) is 14.2. The Kier molecular flexibility index (Phi) is 11.4. The van der Waals surface area contributed by atoms with Gasteiger partial charge in [0, 0.05) is 12.1 Å². The number of urea groups is 1. The second-order valence-corrected chi connectivity index (χ2v) is 9.25. The van der Waals surface area contributed by atoms with Gasteiger partial charge >= 0.3 is 12.0 Å². The number of methoxy groups -OCH3 is 3. The van der Waals surface area contributed by atoms with Gasteiger partial charge < -0.3 is 34.7 Å². The largest absolute Gasteiger partial charge is 0.496 e. The zero-order valence-corrected chi connectivity index (χ0v) is 22.7. The molecule has 0 saturated carbocycles. The third-order valence-corrected chi connectivity index (χ3v) is 6.03. The molecule has 0 bridgehead atoms. The van der Waals surface area contributed by atoms with Crippen molar-refractivity contribution in [1.82, 2.24) is 5.32 Å². The van der Waals surface area contributed by atoms with E-state index in [1.807, 2.05) is 12.1 Å². The molecule has 0 radical (unpaired) electrons. The van der Waals surface area contributed by atoms with E-state index in [-0.39, 0.29) is 6.04 Å². The summed E-state index contributed by atoms with van der Waals surface area (Å²) in [5.74, 6) is 0.743. The average molecular weight is 517 g/mol. The third kappa shape index (κ3) is 8.77. The minimum atomic E-state index is -1.35. The molecule has 0 spiro atoms. The molecular weight excluding hydrogens is 476 g/mol. The first-order valence-corrected chi connectivity index (χ1v) is 12.5. The van der Waals surface area contributed by atoms with E-state index in [2.05, 4.69) is 17.6 Å². The molecular formula is C28H40N2O7. The van der Waals surface area contributed by atoms with Crippen molar-refractivity contribution < 1.29 is 33.6 Å². The molecule has 204 valence electrons. The van der Waals surface area contributed by atoms with Gasteiger partial charge in [0.15, 0.2) is 5.60 Å². The Hall–Kier alpha value is -3.62. The van der Waals surface area contributed by atoms with Gasteiger partial charge in [-0.1, -0.05) is 51.2 Å². The molecule has 0 saturated heterocycles. The highest BCUT2D eigenvalue weighted by molar-refractivity contribution is 5.93. The monoisotopic (exact) mass is 516 g/mol. The number of rotatable bonds is 15. The van der Waals surface area contributed by atoms with Gasteiger partial charge in [0.25, 0.3) is 0 Å². The topological polar surface area (TPSA) is 115 Å². The van der Waals surface area contributed by atoms with Gasteiger partial charge in [-0.3, -0.25) is 0 Å². The predicted octanol–water partition coefficient (Wildman–Crippen LogP) is 6.18. The maximum absolute atomic E-state index is 13.1. The van der Waals surface area contributed by atoms with Crippen LogP contribution >= 0.6 is 0 Å². The van der Waals surface area contributed by atoms with Gasteiger partial charge in [0.1, 0.15) is 28.7 Å². The molecule has 0 fully saturated rings. The summed E-state index contributed by atoms with van der Waals surface area (Å²) in [4.78, 5) is 24.5. The number of nitrogens with one attached hydrogen (secondary N) is 2. The predicted molar refractivity (Wildman–Crippen MR) is 143 cm³/mol. The van der Waals surface area contributed by atoms with Gasteiger partial charge in [-0.15, -0.1) is 0 Å². The summed E-state index contributed by atoms with van der Waals surface area (Å²) in [5, 5.41) is 15.2. The van der Waals surface area contributed by atoms with Crippen LogP contribution in [0.3, 0.4) is 0 Å². The number of amides is 2. The van der Waals surface area contributed by atoms with E-state index in [9.17, 15) is 14.7 Å².